The van der Waals surface area contributed by atoms with Crippen molar-refractivity contribution in [1.29, 1.82) is 0 Å². The summed E-state index contributed by atoms with van der Waals surface area (Å²) in [5, 5.41) is 3.02. The molecule has 0 unspecified atom stereocenters. The van der Waals surface area contributed by atoms with Crippen LogP contribution in [0.1, 0.15) is 38.2 Å². The largest absolute Gasteiger partial charge is 0.322 e. The monoisotopic (exact) mass is 267 g/mol. The van der Waals surface area contributed by atoms with Crippen LogP contribution < -0.4 is 5.32 Å². The Labute approximate surface area is 120 Å². The lowest BCUT2D eigenvalue weighted by molar-refractivity contribution is 0.102. The summed E-state index contributed by atoms with van der Waals surface area (Å²) in [6.07, 6.45) is 0. The molecule has 2 heteroatoms. The third-order valence-electron chi connectivity index (χ3n) is 3.53. The van der Waals surface area contributed by atoms with Gasteiger partial charge in [0.25, 0.3) is 5.91 Å². The smallest absolute Gasteiger partial charge is 0.256 e. The zero-order valence-electron chi connectivity index (χ0n) is 12.8. The van der Waals surface area contributed by atoms with Crippen molar-refractivity contribution in [2.75, 3.05) is 5.32 Å². The Bertz CT molecular complexity index is 648. The average molecular weight is 267 g/mol. The van der Waals surface area contributed by atoms with Gasteiger partial charge in [-0.05, 0) is 57.4 Å². The molecular weight excluding hydrogens is 246 g/mol. The molecule has 0 atom stereocenters. The van der Waals surface area contributed by atoms with E-state index in [9.17, 15) is 4.79 Å². The van der Waals surface area contributed by atoms with Gasteiger partial charge in [-0.3, -0.25) is 4.79 Å². The number of hydrogen-bond acceptors (Lipinski definition) is 1. The highest BCUT2D eigenvalue weighted by atomic mass is 16.1. The summed E-state index contributed by atoms with van der Waals surface area (Å²) < 4.78 is 0. The Morgan fingerprint density at radius 2 is 1.35 bits per heavy atom. The van der Waals surface area contributed by atoms with Crippen LogP contribution in [0.5, 0.6) is 0 Å². The maximum atomic E-state index is 12.5. The first-order valence-electron chi connectivity index (χ1n) is 6.85. The second kappa shape index (κ2) is 5.49. The first-order valence-corrected chi connectivity index (χ1v) is 6.85. The second-order valence-electron chi connectivity index (χ2n) is 5.55. The molecule has 0 radical (unpaired) electrons. The summed E-state index contributed by atoms with van der Waals surface area (Å²) >= 11 is 0. The van der Waals surface area contributed by atoms with Crippen LogP contribution in [0, 0.1) is 34.6 Å². The first-order chi connectivity index (χ1) is 9.38. The van der Waals surface area contributed by atoms with Crippen molar-refractivity contribution in [2.24, 2.45) is 0 Å². The maximum absolute atomic E-state index is 12.5. The Morgan fingerprint density at radius 1 is 0.800 bits per heavy atom. The lowest BCUT2D eigenvalue weighted by Gasteiger charge is -2.13. The normalized spacial score (nSPS) is 10.4. The van der Waals surface area contributed by atoms with Gasteiger partial charge in [0.05, 0.1) is 0 Å². The molecule has 104 valence electrons. The topological polar surface area (TPSA) is 29.1 Å². The van der Waals surface area contributed by atoms with E-state index in [0.717, 1.165) is 27.9 Å². The Hall–Kier alpha value is -2.09. The number of benzene rings is 2. The van der Waals surface area contributed by atoms with Crippen LogP contribution in [-0.2, 0) is 0 Å². The summed E-state index contributed by atoms with van der Waals surface area (Å²) in [7, 11) is 0. The number of amides is 1. The van der Waals surface area contributed by atoms with Gasteiger partial charge in [0, 0.05) is 11.3 Å². The number of nitrogens with one attached hydrogen (secondary N) is 1. The van der Waals surface area contributed by atoms with Crippen LogP contribution >= 0.6 is 0 Å². The molecule has 2 nitrogen and oxygen atoms in total. The fourth-order valence-electron chi connectivity index (χ4n) is 2.68. The molecule has 1 amide bonds. The molecule has 2 aromatic carbocycles. The van der Waals surface area contributed by atoms with E-state index in [4.69, 9.17) is 0 Å². The Balaban J connectivity index is 2.33. The third kappa shape index (κ3) is 2.90. The summed E-state index contributed by atoms with van der Waals surface area (Å²) in [4.78, 5) is 12.5. The molecule has 0 aliphatic heterocycles. The standard InChI is InChI=1S/C18H21NO/c1-11-6-7-16(13(3)8-11)19-18(20)17-14(4)9-12(2)10-15(17)5/h6-10H,1-5H3,(H,19,20). The molecule has 2 rings (SSSR count). The average Bonchev–Trinajstić information content (AvgIpc) is 2.31. The Kier molecular flexibility index (Phi) is 3.93. The summed E-state index contributed by atoms with van der Waals surface area (Å²) in [6, 6.07) is 10.1. The number of rotatable bonds is 2. The fourth-order valence-corrected chi connectivity index (χ4v) is 2.68. The van der Waals surface area contributed by atoms with Gasteiger partial charge in [-0.25, -0.2) is 0 Å². The van der Waals surface area contributed by atoms with Gasteiger partial charge in [-0.2, -0.15) is 0 Å². The minimum atomic E-state index is -0.0352. The van der Waals surface area contributed by atoms with E-state index in [-0.39, 0.29) is 5.91 Å². The van der Waals surface area contributed by atoms with Crippen LogP contribution in [0.2, 0.25) is 0 Å². The summed E-state index contributed by atoms with van der Waals surface area (Å²) in [5.74, 6) is -0.0352. The molecule has 0 bridgehead atoms. The predicted molar refractivity (Wildman–Crippen MR) is 84.5 cm³/mol. The molecule has 0 fully saturated rings. The third-order valence-corrected chi connectivity index (χ3v) is 3.53. The molecule has 0 spiro atoms. The highest BCUT2D eigenvalue weighted by molar-refractivity contribution is 6.06. The Morgan fingerprint density at radius 3 is 1.90 bits per heavy atom. The van der Waals surface area contributed by atoms with E-state index in [1.54, 1.807) is 0 Å². The molecule has 1 N–H and O–H groups in total. The van der Waals surface area contributed by atoms with Crippen LogP contribution in [0.15, 0.2) is 30.3 Å². The molecule has 20 heavy (non-hydrogen) atoms. The number of carbonyl (C=O) groups excluding carboxylic acids is 1. The summed E-state index contributed by atoms with van der Waals surface area (Å²) in [6.45, 7) is 10.1. The summed E-state index contributed by atoms with van der Waals surface area (Å²) in [5.41, 5.74) is 7.15. The minimum absolute atomic E-state index is 0.0352. The quantitative estimate of drug-likeness (QED) is 0.854. The van der Waals surface area contributed by atoms with Gasteiger partial charge in [-0.15, -0.1) is 0 Å². The predicted octanol–water partition coefficient (Wildman–Crippen LogP) is 4.48. The van der Waals surface area contributed by atoms with Crippen LogP contribution in [0.3, 0.4) is 0 Å². The van der Waals surface area contributed by atoms with Crippen molar-refractivity contribution in [1.82, 2.24) is 0 Å². The van der Waals surface area contributed by atoms with Crippen molar-refractivity contribution >= 4 is 11.6 Å². The van der Waals surface area contributed by atoms with E-state index < -0.39 is 0 Å². The van der Waals surface area contributed by atoms with Crippen LogP contribution in [0.25, 0.3) is 0 Å². The van der Waals surface area contributed by atoms with Crippen molar-refractivity contribution in [3.63, 3.8) is 0 Å². The number of carbonyl (C=O) groups is 1. The zero-order chi connectivity index (χ0) is 14.9. The maximum Gasteiger partial charge on any atom is 0.256 e. The van der Waals surface area contributed by atoms with Crippen LogP contribution in [-0.4, -0.2) is 5.91 Å². The number of anilines is 1. The van der Waals surface area contributed by atoms with Crippen LogP contribution in [0.4, 0.5) is 5.69 Å². The molecule has 0 aliphatic rings. The number of aryl methyl sites for hydroxylation is 5. The van der Waals surface area contributed by atoms with Crippen molar-refractivity contribution in [3.05, 3.63) is 63.7 Å². The van der Waals surface area contributed by atoms with E-state index >= 15 is 0 Å². The first kappa shape index (κ1) is 14.3. The zero-order valence-corrected chi connectivity index (χ0v) is 12.8. The molecule has 0 heterocycles. The molecule has 0 saturated carbocycles. The van der Waals surface area contributed by atoms with Gasteiger partial charge in [0.1, 0.15) is 0 Å². The SMILES string of the molecule is Cc1ccc(NC(=O)c2c(C)cc(C)cc2C)c(C)c1. The lowest BCUT2D eigenvalue weighted by Crippen LogP contribution is -2.16. The van der Waals surface area contributed by atoms with E-state index in [2.05, 4.69) is 11.4 Å². The van der Waals surface area contributed by atoms with Crippen molar-refractivity contribution in [2.45, 2.75) is 34.6 Å². The molecular formula is C18H21NO. The van der Waals surface area contributed by atoms with Crippen molar-refractivity contribution < 1.29 is 4.79 Å². The molecule has 0 aliphatic carbocycles. The van der Waals surface area contributed by atoms with Crippen molar-refractivity contribution in [3.8, 4) is 0 Å². The van der Waals surface area contributed by atoms with Gasteiger partial charge in [-0.1, -0.05) is 35.4 Å². The lowest BCUT2D eigenvalue weighted by atomic mass is 9.99. The van der Waals surface area contributed by atoms with Gasteiger partial charge >= 0.3 is 0 Å². The molecule has 0 aromatic heterocycles. The second-order valence-corrected chi connectivity index (χ2v) is 5.55. The van der Waals surface area contributed by atoms with Gasteiger partial charge in [0.15, 0.2) is 0 Å². The minimum Gasteiger partial charge on any atom is -0.322 e. The molecule has 2 aromatic rings. The molecule has 0 saturated heterocycles. The van der Waals surface area contributed by atoms with Gasteiger partial charge < -0.3 is 5.32 Å². The van der Waals surface area contributed by atoms with E-state index in [1.165, 1.54) is 11.1 Å². The highest BCUT2D eigenvalue weighted by Crippen LogP contribution is 2.21. The van der Waals surface area contributed by atoms with E-state index in [0.29, 0.717) is 0 Å². The number of hydrogen-bond donors (Lipinski definition) is 1. The van der Waals surface area contributed by atoms with E-state index in [1.807, 2.05) is 58.9 Å². The van der Waals surface area contributed by atoms with Gasteiger partial charge in [0.2, 0.25) is 0 Å². The fraction of sp³-hybridized carbons (Fsp3) is 0.278. The highest BCUT2D eigenvalue weighted by Gasteiger charge is 2.13.